The average molecular weight is 581 g/mol. The fourth-order valence-electron chi connectivity index (χ4n) is 6.06. The molecule has 222 valence electrons. The molecule has 0 aromatic heterocycles. The number of carbonyl (C=O) groups excluding carboxylic acids is 1. The van der Waals surface area contributed by atoms with Crippen LogP contribution in [0.5, 0.6) is 17.2 Å². The number of rotatable bonds is 10. The Balaban J connectivity index is 1.50. The molecule has 5 rings (SSSR count). The lowest BCUT2D eigenvalue weighted by Crippen LogP contribution is -2.35. The molecule has 2 heterocycles. The van der Waals surface area contributed by atoms with Gasteiger partial charge in [0.25, 0.3) is 0 Å². The smallest absolute Gasteiger partial charge is 0.309 e. The predicted molar refractivity (Wildman–Crippen MR) is 152 cm³/mol. The number of fused-ring (bicyclic) bond motifs is 1. The third-order valence-electron chi connectivity index (χ3n) is 7.93. The second kappa shape index (κ2) is 12.4. The van der Waals surface area contributed by atoms with Crippen LogP contribution in [0.15, 0.2) is 48.5 Å². The summed E-state index contributed by atoms with van der Waals surface area (Å²) in [7, 11) is 0. The molecule has 3 aromatic carbocycles. The Morgan fingerprint density at radius 3 is 2.31 bits per heavy atom. The van der Waals surface area contributed by atoms with Crippen LogP contribution >= 0.6 is 0 Å². The summed E-state index contributed by atoms with van der Waals surface area (Å²) in [5.74, 6) is -3.21. The van der Waals surface area contributed by atoms with E-state index in [1.165, 1.54) is 18.2 Å². The number of aryl methyl sites for hydroxylation is 2. The summed E-state index contributed by atoms with van der Waals surface area (Å²) < 4.78 is 45.3. The Hall–Kier alpha value is -4.18. The topological polar surface area (TPSA) is 97.3 Å². The molecular weight excluding hydrogens is 546 g/mol. The van der Waals surface area contributed by atoms with Gasteiger partial charge in [0.2, 0.25) is 18.4 Å². The van der Waals surface area contributed by atoms with Crippen molar-refractivity contribution in [3.8, 4) is 17.2 Å². The molecule has 1 amide bonds. The van der Waals surface area contributed by atoms with Crippen LogP contribution in [0.2, 0.25) is 0 Å². The van der Waals surface area contributed by atoms with E-state index in [9.17, 15) is 23.5 Å². The molecule has 0 aliphatic carbocycles. The van der Waals surface area contributed by atoms with Gasteiger partial charge in [-0.3, -0.25) is 14.5 Å². The Bertz CT molecular complexity index is 1450. The zero-order valence-electron chi connectivity index (χ0n) is 23.8. The maximum absolute atomic E-state index is 14.9. The van der Waals surface area contributed by atoms with Crippen molar-refractivity contribution < 1.29 is 37.7 Å². The molecule has 2 N–H and O–H groups in total. The summed E-state index contributed by atoms with van der Waals surface area (Å²) in [4.78, 5) is 28.2. The monoisotopic (exact) mass is 580 g/mol. The molecule has 3 atom stereocenters. The van der Waals surface area contributed by atoms with Crippen LogP contribution in [0.4, 0.5) is 14.5 Å². The first-order chi connectivity index (χ1) is 20.2. The number of carboxylic acid groups (broad SMARTS) is 1. The van der Waals surface area contributed by atoms with Crippen LogP contribution < -0.4 is 19.5 Å². The Morgan fingerprint density at radius 1 is 1.00 bits per heavy atom. The second-order valence-corrected chi connectivity index (χ2v) is 10.4. The highest BCUT2D eigenvalue weighted by Gasteiger charge is 2.48. The Kier molecular flexibility index (Phi) is 8.63. The fraction of sp³-hybridized carbons (Fsp3) is 0.375. The number of anilines is 1. The van der Waals surface area contributed by atoms with Crippen molar-refractivity contribution in [2.75, 3.05) is 31.8 Å². The molecule has 10 heteroatoms. The standard InChI is InChI=1S/C32H34F2N2O6/c1-4-18-11-22(33)12-19(5-2)29(18)35-27(37)16-36-15-24(21-13-25(34)31-26(14-21)41-17-42-31)28(32(38)39)30(36)20-7-9-23(10-8-20)40-6-3/h7-14,24,28,30H,4-6,15-17H2,1-3H3,(H,35,37)(H,38,39)/t24-,28?,30+/m1/s1. The zero-order chi connectivity index (χ0) is 30.0. The van der Waals surface area contributed by atoms with Gasteiger partial charge in [-0.05, 0) is 78.4 Å². The third kappa shape index (κ3) is 5.76. The predicted octanol–water partition coefficient (Wildman–Crippen LogP) is 5.70. The normalized spacial score (nSPS) is 19.6. The van der Waals surface area contributed by atoms with Gasteiger partial charge in [-0.25, -0.2) is 8.78 Å². The number of nitrogens with zero attached hydrogens (tertiary/aromatic N) is 1. The van der Waals surface area contributed by atoms with Crippen molar-refractivity contribution in [3.63, 3.8) is 0 Å². The van der Waals surface area contributed by atoms with Gasteiger partial charge in [0.1, 0.15) is 11.6 Å². The van der Waals surface area contributed by atoms with E-state index in [1.807, 2.05) is 20.8 Å². The summed E-state index contributed by atoms with van der Waals surface area (Å²) in [6, 6.07) is 12.2. The van der Waals surface area contributed by atoms with Gasteiger partial charge in [-0.1, -0.05) is 26.0 Å². The number of nitrogens with one attached hydrogen (secondary N) is 1. The minimum absolute atomic E-state index is 0.000623. The van der Waals surface area contributed by atoms with Crippen LogP contribution in [-0.2, 0) is 22.4 Å². The lowest BCUT2D eigenvalue weighted by molar-refractivity contribution is -0.143. The molecule has 1 unspecified atom stereocenters. The van der Waals surface area contributed by atoms with Crippen molar-refractivity contribution in [2.45, 2.75) is 45.6 Å². The molecule has 2 aliphatic rings. The summed E-state index contributed by atoms with van der Waals surface area (Å²) in [6.45, 7) is 6.05. The number of ether oxygens (including phenoxy) is 3. The second-order valence-electron chi connectivity index (χ2n) is 10.4. The van der Waals surface area contributed by atoms with Crippen LogP contribution in [-0.4, -0.2) is 48.4 Å². The first-order valence-electron chi connectivity index (χ1n) is 14.1. The first kappa shape index (κ1) is 29.3. The quantitative estimate of drug-likeness (QED) is 0.318. The largest absolute Gasteiger partial charge is 0.494 e. The van der Waals surface area contributed by atoms with Gasteiger partial charge in [0, 0.05) is 24.2 Å². The fourth-order valence-corrected chi connectivity index (χ4v) is 6.06. The number of carboxylic acids is 1. The van der Waals surface area contributed by atoms with Crippen molar-refractivity contribution in [1.82, 2.24) is 4.90 Å². The number of amides is 1. The van der Waals surface area contributed by atoms with E-state index in [2.05, 4.69) is 5.32 Å². The Labute approximate surface area is 243 Å². The van der Waals surface area contributed by atoms with E-state index < -0.39 is 29.7 Å². The summed E-state index contributed by atoms with van der Waals surface area (Å²) in [5.41, 5.74) is 3.08. The van der Waals surface area contributed by atoms with Gasteiger partial charge >= 0.3 is 5.97 Å². The lowest BCUT2D eigenvalue weighted by atomic mass is 9.82. The average Bonchev–Trinajstić information content (AvgIpc) is 3.59. The first-order valence-corrected chi connectivity index (χ1v) is 14.1. The van der Waals surface area contributed by atoms with E-state index in [-0.39, 0.29) is 43.1 Å². The van der Waals surface area contributed by atoms with E-state index in [4.69, 9.17) is 14.2 Å². The van der Waals surface area contributed by atoms with Gasteiger partial charge in [0.05, 0.1) is 19.1 Å². The number of likely N-dealkylation sites (tertiary alicyclic amines) is 1. The molecule has 0 saturated carbocycles. The molecule has 0 radical (unpaired) electrons. The van der Waals surface area contributed by atoms with Crippen LogP contribution in [0.3, 0.4) is 0 Å². The summed E-state index contributed by atoms with van der Waals surface area (Å²) in [6.07, 6.45) is 1.05. The number of aliphatic carboxylic acids is 1. The Morgan fingerprint density at radius 2 is 1.69 bits per heavy atom. The van der Waals surface area contributed by atoms with Gasteiger partial charge in [-0.15, -0.1) is 0 Å². The van der Waals surface area contributed by atoms with Crippen molar-refractivity contribution >= 4 is 17.6 Å². The molecule has 0 spiro atoms. The van der Waals surface area contributed by atoms with Gasteiger partial charge in [0.15, 0.2) is 11.6 Å². The van der Waals surface area contributed by atoms with E-state index in [1.54, 1.807) is 35.2 Å². The lowest BCUT2D eigenvalue weighted by Gasteiger charge is -2.27. The molecule has 3 aromatic rings. The highest BCUT2D eigenvalue weighted by atomic mass is 19.1. The zero-order valence-corrected chi connectivity index (χ0v) is 23.8. The third-order valence-corrected chi connectivity index (χ3v) is 7.93. The number of hydrogen-bond acceptors (Lipinski definition) is 6. The van der Waals surface area contributed by atoms with E-state index in [0.29, 0.717) is 53.1 Å². The van der Waals surface area contributed by atoms with E-state index in [0.717, 1.165) is 0 Å². The van der Waals surface area contributed by atoms with Crippen molar-refractivity contribution in [3.05, 3.63) is 82.4 Å². The molecule has 0 bridgehead atoms. The highest BCUT2D eigenvalue weighted by molar-refractivity contribution is 5.94. The number of benzene rings is 3. The summed E-state index contributed by atoms with van der Waals surface area (Å²) in [5, 5.41) is 13.5. The minimum atomic E-state index is -1.07. The van der Waals surface area contributed by atoms with Crippen molar-refractivity contribution in [1.29, 1.82) is 0 Å². The van der Waals surface area contributed by atoms with Crippen LogP contribution in [0.25, 0.3) is 0 Å². The molecule has 2 aliphatic heterocycles. The van der Waals surface area contributed by atoms with Crippen LogP contribution in [0.1, 0.15) is 55.0 Å². The molecular formula is C32H34F2N2O6. The van der Waals surface area contributed by atoms with Gasteiger partial charge in [-0.2, -0.15) is 0 Å². The van der Waals surface area contributed by atoms with Gasteiger partial charge < -0.3 is 24.6 Å². The van der Waals surface area contributed by atoms with Crippen LogP contribution in [0, 0.1) is 17.6 Å². The molecule has 42 heavy (non-hydrogen) atoms. The maximum Gasteiger partial charge on any atom is 0.309 e. The molecule has 1 saturated heterocycles. The number of carbonyl (C=O) groups is 2. The van der Waals surface area contributed by atoms with E-state index >= 15 is 0 Å². The molecule has 1 fully saturated rings. The highest BCUT2D eigenvalue weighted by Crippen LogP contribution is 2.48. The minimum Gasteiger partial charge on any atom is -0.494 e. The maximum atomic E-state index is 14.9. The van der Waals surface area contributed by atoms with Crippen molar-refractivity contribution in [2.24, 2.45) is 5.92 Å². The molecule has 8 nitrogen and oxygen atoms in total. The number of hydrogen-bond donors (Lipinski definition) is 2. The summed E-state index contributed by atoms with van der Waals surface area (Å²) >= 11 is 0. The number of halogens is 2. The SMILES string of the molecule is CCOc1ccc([C@H]2C(C(=O)O)[C@@H](c3cc(F)c4c(c3)OCO4)CN2CC(=O)Nc2c(CC)cc(F)cc2CC)cc1.